The van der Waals surface area contributed by atoms with Gasteiger partial charge >= 0.3 is 37.7 Å². The molecule has 0 aromatic rings. The van der Waals surface area contributed by atoms with Crippen molar-refractivity contribution in [3.63, 3.8) is 0 Å². The third-order valence-electron chi connectivity index (χ3n) is 0.667. The van der Waals surface area contributed by atoms with E-state index in [9.17, 15) is 10.2 Å². The maximum absolute atomic E-state index is 9.63. The van der Waals surface area contributed by atoms with E-state index in [-0.39, 0.29) is 50.9 Å². The van der Waals surface area contributed by atoms with Crippen LogP contribution in [0, 0.1) is 11.8 Å². The van der Waals surface area contributed by atoms with Crippen LogP contribution in [0.3, 0.4) is 0 Å². The molecule has 0 rings (SSSR count). The van der Waals surface area contributed by atoms with Crippen LogP contribution in [0.2, 0.25) is 0 Å². The van der Waals surface area contributed by atoms with Crippen molar-refractivity contribution >= 4 is 0 Å². The summed E-state index contributed by atoms with van der Waals surface area (Å²) in [5, 5.41) is 19.3. The minimum Gasteiger partial charge on any atom is -0.854 e. The topological polar surface area (TPSA) is 46.1 Å². The first-order chi connectivity index (χ1) is 4.54. The average Bonchev–Trinajstić information content (AvgIpc) is 1.89. The fraction of sp³-hybridized carbons (Fsp3) is 1.00. The summed E-state index contributed by atoms with van der Waals surface area (Å²) in [6, 6.07) is 0. The van der Waals surface area contributed by atoms with E-state index in [1.807, 2.05) is 27.7 Å². The van der Waals surface area contributed by atoms with Crippen LogP contribution in [0.15, 0.2) is 0 Å². The zero-order valence-corrected chi connectivity index (χ0v) is 9.39. The Morgan fingerprint density at radius 2 is 0.833 bits per heavy atom. The second-order valence-electron chi connectivity index (χ2n) is 3.12. The molecule has 0 aliphatic carbocycles. The minimum absolute atomic E-state index is 0. The normalized spacial score (nSPS) is 8.00. The van der Waals surface area contributed by atoms with Gasteiger partial charge in [-0.1, -0.05) is 39.5 Å². The first-order valence-corrected chi connectivity index (χ1v) is 3.70. The van der Waals surface area contributed by atoms with Crippen molar-refractivity contribution in [2.75, 3.05) is 13.2 Å². The Morgan fingerprint density at radius 3 is 0.833 bits per heavy atom. The zero-order chi connectivity index (χ0) is 8.57. The standard InChI is InChI=1S/2C4H9O.2Li/c2*1-4(2)3-5;;/h2*4H,3H2,1-2H3;;/q2*-1;2*+1. The summed E-state index contributed by atoms with van der Waals surface area (Å²) in [6.07, 6.45) is 0. The monoisotopic (exact) mass is 160 g/mol. The summed E-state index contributed by atoms with van der Waals surface area (Å²) in [5.74, 6) is 0.657. The second-order valence-corrected chi connectivity index (χ2v) is 3.12. The Labute approximate surface area is 100 Å². The molecule has 12 heavy (non-hydrogen) atoms. The van der Waals surface area contributed by atoms with Gasteiger partial charge in [-0.05, 0) is 0 Å². The number of hydrogen-bond acceptors (Lipinski definition) is 2. The summed E-state index contributed by atoms with van der Waals surface area (Å²) in [4.78, 5) is 0. The summed E-state index contributed by atoms with van der Waals surface area (Å²) < 4.78 is 0. The van der Waals surface area contributed by atoms with Gasteiger partial charge in [0, 0.05) is 0 Å². The fourth-order valence-electron chi connectivity index (χ4n) is 0. The third-order valence-corrected chi connectivity index (χ3v) is 0.667. The SMILES string of the molecule is CC(C)C[O-].CC(C)C[O-].[Li+].[Li+]. The summed E-state index contributed by atoms with van der Waals surface area (Å²) in [6.45, 7) is 7.75. The Hall–Kier alpha value is 1.11. The van der Waals surface area contributed by atoms with Gasteiger partial charge in [0.05, 0.1) is 0 Å². The van der Waals surface area contributed by atoms with E-state index in [4.69, 9.17) is 0 Å². The van der Waals surface area contributed by atoms with Crippen LogP contribution < -0.4 is 47.9 Å². The smallest absolute Gasteiger partial charge is 0.854 e. The molecule has 0 unspecified atom stereocenters. The molecule has 0 atom stereocenters. The van der Waals surface area contributed by atoms with Crippen molar-refractivity contribution in [3.05, 3.63) is 0 Å². The summed E-state index contributed by atoms with van der Waals surface area (Å²) in [5.41, 5.74) is 0. The van der Waals surface area contributed by atoms with Gasteiger partial charge in [-0.15, -0.1) is 13.2 Å². The molecule has 0 bridgehead atoms. The van der Waals surface area contributed by atoms with Gasteiger partial charge < -0.3 is 10.2 Å². The van der Waals surface area contributed by atoms with Crippen LogP contribution in [-0.4, -0.2) is 13.2 Å². The van der Waals surface area contributed by atoms with Crippen molar-refractivity contribution in [3.8, 4) is 0 Å². The Balaban J connectivity index is -0.0000000457. The van der Waals surface area contributed by atoms with Crippen LogP contribution >= 0.6 is 0 Å². The molecule has 0 N–H and O–H groups in total. The van der Waals surface area contributed by atoms with Crippen molar-refractivity contribution < 1.29 is 47.9 Å². The molecular weight excluding hydrogens is 142 g/mol. The van der Waals surface area contributed by atoms with E-state index in [0.29, 0.717) is 11.8 Å². The Morgan fingerprint density at radius 1 is 0.750 bits per heavy atom. The maximum atomic E-state index is 9.63. The molecule has 4 heteroatoms. The Kier molecular flexibility index (Phi) is 34.8. The molecule has 0 aromatic heterocycles. The predicted molar refractivity (Wildman–Crippen MR) is 39.4 cm³/mol. The van der Waals surface area contributed by atoms with Gasteiger partial charge in [-0.25, -0.2) is 0 Å². The van der Waals surface area contributed by atoms with Gasteiger partial charge in [0.25, 0.3) is 0 Å². The third kappa shape index (κ3) is 43.5. The molecule has 0 radical (unpaired) electrons. The molecule has 0 saturated heterocycles. The molecule has 64 valence electrons. The fourth-order valence-corrected chi connectivity index (χ4v) is 0. The zero-order valence-electron chi connectivity index (χ0n) is 9.39. The molecular formula is C8H18Li2O2. The maximum Gasteiger partial charge on any atom is 1.00 e. The van der Waals surface area contributed by atoms with Crippen LogP contribution in [-0.2, 0) is 0 Å². The predicted octanol–water partition coefficient (Wildman–Crippen LogP) is -5.99. The van der Waals surface area contributed by atoms with E-state index < -0.39 is 0 Å². The van der Waals surface area contributed by atoms with Crippen molar-refractivity contribution in [2.24, 2.45) is 11.8 Å². The van der Waals surface area contributed by atoms with Crippen LogP contribution in [0.4, 0.5) is 0 Å². The minimum atomic E-state index is 0. The first kappa shape index (κ1) is 23.2. The number of rotatable bonds is 2. The molecule has 0 aliphatic rings. The van der Waals surface area contributed by atoms with Crippen molar-refractivity contribution in [1.29, 1.82) is 0 Å². The van der Waals surface area contributed by atoms with Crippen molar-refractivity contribution in [2.45, 2.75) is 27.7 Å². The van der Waals surface area contributed by atoms with E-state index in [1.54, 1.807) is 0 Å². The summed E-state index contributed by atoms with van der Waals surface area (Å²) in [7, 11) is 0. The molecule has 0 heterocycles. The Bertz CT molecular complexity index is 51.0. The van der Waals surface area contributed by atoms with Gasteiger partial charge in [-0.3, -0.25) is 0 Å². The van der Waals surface area contributed by atoms with Gasteiger partial charge in [0.2, 0.25) is 0 Å². The van der Waals surface area contributed by atoms with Crippen molar-refractivity contribution in [1.82, 2.24) is 0 Å². The van der Waals surface area contributed by atoms with E-state index in [0.717, 1.165) is 0 Å². The van der Waals surface area contributed by atoms with Crippen LogP contribution in [0.1, 0.15) is 27.7 Å². The van der Waals surface area contributed by atoms with Crippen LogP contribution in [0.25, 0.3) is 0 Å². The molecule has 0 fully saturated rings. The van der Waals surface area contributed by atoms with E-state index in [1.165, 1.54) is 0 Å². The average molecular weight is 160 g/mol. The van der Waals surface area contributed by atoms with Gasteiger partial charge in [0.15, 0.2) is 0 Å². The molecule has 0 amide bonds. The molecule has 0 spiro atoms. The second kappa shape index (κ2) is 18.0. The van der Waals surface area contributed by atoms with Gasteiger partial charge in [-0.2, -0.15) is 0 Å². The molecule has 0 saturated carbocycles. The van der Waals surface area contributed by atoms with E-state index >= 15 is 0 Å². The molecule has 0 aromatic carbocycles. The molecule has 0 aliphatic heterocycles. The van der Waals surface area contributed by atoms with Crippen LogP contribution in [0.5, 0.6) is 0 Å². The molecule has 2 nitrogen and oxygen atoms in total. The number of hydrogen-bond donors (Lipinski definition) is 0. The summed E-state index contributed by atoms with van der Waals surface area (Å²) >= 11 is 0. The van der Waals surface area contributed by atoms with E-state index in [2.05, 4.69) is 0 Å². The quantitative estimate of drug-likeness (QED) is 0.377. The van der Waals surface area contributed by atoms with Gasteiger partial charge in [0.1, 0.15) is 0 Å². The largest absolute Gasteiger partial charge is 1.00 e. The first-order valence-electron chi connectivity index (χ1n) is 3.70.